The summed E-state index contributed by atoms with van der Waals surface area (Å²) in [6.07, 6.45) is 6.55. The van der Waals surface area contributed by atoms with E-state index in [1.807, 2.05) is 16.2 Å². The minimum absolute atomic E-state index is 0.263. The number of amides is 1. The number of fused-ring (bicyclic) bond motifs is 3. The highest BCUT2D eigenvalue weighted by molar-refractivity contribution is 7.10. The standard InChI is InChI=1S/C18H24N2O2S/c21-15(20-7-2-14-12(11-20)4-9-23-14)10-19-16-13-3-8-22-17(13)18(16)5-1-6-18/h4,9,13,16-17,19H,1-3,5-8,10-11H2/t13-,16-,17+/m1/s1. The van der Waals surface area contributed by atoms with E-state index in [2.05, 4.69) is 16.8 Å². The molecule has 0 radical (unpaired) electrons. The Labute approximate surface area is 141 Å². The Kier molecular flexibility index (Phi) is 3.32. The minimum atomic E-state index is 0.263. The molecule has 5 rings (SSSR count). The molecule has 3 atom stereocenters. The molecule has 1 amide bonds. The molecule has 0 aromatic carbocycles. The summed E-state index contributed by atoms with van der Waals surface area (Å²) < 4.78 is 5.96. The van der Waals surface area contributed by atoms with Crippen LogP contribution < -0.4 is 5.32 Å². The molecule has 1 aromatic rings. The van der Waals surface area contributed by atoms with Crippen molar-refractivity contribution in [3.8, 4) is 0 Å². The van der Waals surface area contributed by atoms with E-state index >= 15 is 0 Å². The second-order valence-electron chi connectivity index (χ2n) is 7.62. The lowest BCUT2D eigenvalue weighted by atomic mass is 9.46. The molecule has 1 N–H and O–H groups in total. The summed E-state index contributed by atoms with van der Waals surface area (Å²) in [6, 6.07) is 2.68. The summed E-state index contributed by atoms with van der Waals surface area (Å²) in [4.78, 5) is 16.1. The first-order valence-corrected chi connectivity index (χ1v) is 9.84. The van der Waals surface area contributed by atoms with E-state index in [4.69, 9.17) is 4.74 Å². The molecule has 5 heteroatoms. The molecule has 4 nitrogen and oxygen atoms in total. The van der Waals surface area contributed by atoms with Gasteiger partial charge in [-0.05, 0) is 42.7 Å². The van der Waals surface area contributed by atoms with Crippen LogP contribution in [0.2, 0.25) is 0 Å². The number of hydrogen-bond donors (Lipinski definition) is 1. The Morgan fingerprint density at radius 3 is 3.22 bits per heavy atom. The predicted octanol–water partition coefficient (Wildman–Crippen LogP) is 2.18. The summed E-state index contributed by atoms with van der Waals surface area (Å²) in [5, 5.41) is 5.77. The van der Waals surface area contributed by atoms with Crippen LogP contribution in [0.15, 0.2) is 11.4 Å². The zero-order valence-electron chi connectivity index (χ0n) is 13.4. The number of rotatable bonds is 3. The Morgan fingerprint density at radius 2 is 2.39 bits per heavy atom. The van der Waals surface area contributed by atoms with Crippen molar-refractivity contribution in [2.24, 2.45) is 11.3 Å². The first-order valence-electron chi connectivity index (χ1n) is 8.96. The van der Waals surface area contributed by atoms with Gasteiger partial charge in [0.15, 0.2) is 0 Å². The fourth-order valence-electron chi connectivity index (χ4n) is 5.33. The number of nitrogens with one attached hydrogen (secondary N) is 1. The number of carbonyl (C=O) groups is 1. The van der Waals surface area contributed by atoms with Gasteiger partial charge >= 0.3 is 0 Å². The topological polar surface area (TPSA) is 41.6 Å². The predicted molar refractivity (Wildman–Crippen MR) is 89.4 cm³/mol. The van der Waals surface area contributed by atoms with E-state index in [1.165, 1.54) is 36.1 Å². The molecule has 1 spiro atoms. The fourth-order valence-corrected chi connectivity index (χ4v) is 6.22. The average molecular weight is 332 g/mol. The van der Waals surface area contributed by atoms with Gasteiger partial charge in [-0.3, -0.25) is 4.79 Å². The maximum Gasteiger partial charge on any atom is 0.236 e. The first-order chi connectivity index (χ1) is 11.3. The van der Waals surface area contributed by atoms with Crippen LogP contribution in [0, 0.1) is 11.3 Å². The molecular weight excluding hydrogens is 308 g/mol. The second-order valence-corrected chi connectivity index (χ2v) is 8.62. The van der Waals surface area contributed by atoms with Crippen LogP contribution in [-0.2, 0) is 22.5 Å². The largest absolute Gasteiger partial charge is 0.377 e. The van der Waals surface area contributed by atoms with Gasteiger partial charge < -0.3 is 15.0 Å². The molecular formula is C18H24N2O2S. The third-order valence-electron chi connectivity index (χ3n) is 6.67. The van der Waals surface area contributed by atoms with Gasteiger partial charge in [-0.1, -0.05) is 6.42 Å². The number of ether oxygens (including phenoxy) is 1. The number of carbonyl (C=O) groups excluding carboxylic acids is 1. The summed E-state index contributed by atoms with van der Waals surface area (Å²) in [5.74, 6) is 0.909. The molecule has 1 saturated heterocycles. The van der Waals surface area contributed by atoms with Gasteiger partial charge in [0.2, 0.25) is 5.91 Å². The Hall–Kier alpha value is -0.910. The molecule has 2 aliphatic heterocycles. The van der Waals surface area contributed by atoms with Gasteiger partial charge in [0.05, 0.1) is 12.6 Å². The Morgan fingerprint density at radius 1 is 1.48 bits per heavy atom. The van der Waals surface area contributed by atoms with Crippen LogP contribution >= 0.6 is 11.3 Å². The highest BCUT2D eigenvalue weighted by Gasteiger charge is 2.66. The van der Waals surface area contributed by atoms with Crippen molar-refractivity contribution >= 4 is 17.2 Å². The van der Waals surface area contributed by atoms with Gasteiger partial charge in [0.1, 0.15) is 0 Å². The summed E-state index contributed by atoms with van der Waals surface area (Å²) >= 11 is 1.82. The van der Waals surface area contributed by atoms with Crippen molar-refractivity contribution in [3.63, 3.8) is 0 Å². The Balaban J connectivity index is 1.21. The Bertz CT molecular complexity index is 624. The molecule has 23 heavy (non-hydrogen) atoms. The van der Waals surface area contributed by atoms with Crippen LogP contribution in [0.4, 0.5) is 0 Å². The molecule has 3 fully saturated rings. The molecule has 3 heterocycles. The lowest BCUT2D eigenvalue weighted by molar-refractivity contribution is -0.177. The van der Waals surface area contributed by atoms with Crippen LogP contribution in [0.1, 0.15) is 36.1 Å². The van der Waals surface area contributed by atoms with Gasteiger partial charge in [-0.25, -0.2) is 0 Å². The van der Waals surface area contributed by atoms with Crippen LogP contribution in [0.5, 0.6) is 0 Å². The van der Waals surface area contributed by atoms with Gasteiger partial charge in [-0.15, -0.1) is 11.3 Å². The maximum atomic E-state index is 12.6. The molecule has 0 bridgehead atoms. The summed E-state index contributed by atoms with van der Waals surface area (Å²) in [7, 11) is 0. The number of hydrogen-bond acceptors (Lipinski definition) is 4. The van der Waals surface area contributed by atoms with E-state index in [9.17, 15) is 4.79 Å². The van der Waals surface area contributed by atoms with E-state index in [1.54, 1.807) is 0 Å². The summed E-state index contributed by atoms with van der Waals surface area (Å²) in [5.41, 5.74) is 1.71. The molecule has 2 saturated carbocycles. The maximum absolute atomic E-state index is 12.6. The van der Waals surface area contributed by atoms with Crippen molar-refractivity contribution in [1.29, 1.82) is 0 Å². The smallest absolute Gasteiger partial charge is 0.236 e. The van der Waals surface area contributed by atoms with Gasteiger partial charge in [0, 0.05) is 41.9 Å². The van der Waals surface area contributed by atoms with Gasteiger partial charge in [-0.2, -0.15) is 0 Å². The average Bonchev–Trinajstić information content (AvgIpc) is 3.12. The van der Waals surface area contributed by atoms with Crippen molar-refractivity contribution in [2.75, 3.05) is 19.7 Å². The normalized spacial score (nSPS) is 33.7. The van der Waals surface area contributed by atoms with Crippen LogP contribution in [-0.4, -0.2) is 42.6 Å². The van der Waals surface area contributed by atoms with E-state index < -0.39 is 0 Å². The van der Waals surface area contributed by atoms with Crippen molar-refractivity contribution in [2.45, 2.75) is 50.8 Å². The monoisotopic (exact) mass is 332 g/mol. The van der Waals surface area contributed by atoms with Crippen molar-refractivity contribution in [1.82, 2.24) is 10.2 Å². The van der Waals surface area contributed by atoms with Crippen LogP contribution in [0.3, 0.4) is 0 Å². The number of thiophene rings is 1. The zero-order chi connectivity index (χ0) is 15.4. The molecule has 2 aliphatic carbocycles. The van der Waals surface area contributed by atoms with E-state index in [0.717, 1.165) is 26.1 Å². The summed E-state index contributed by atoms with van der Waals surface area (Å²) in [6.45, 7) is 3.08. The minimum Gasteiger partial charge on any atom is -0.377 e. The first kappa shape index (κ1) is 14.4. The van der Waals surface area contributed by atoms with E-state index in [-0.39, 0.29) is 5.91 Å². The van der Waals surface area contributed by atoms with Crippen LogP contribution in [0.25, 0.3) is 0 Å². The third kappa shape index (κ3) is 2.06. The fraction of sp³-hybridized carbons (Fsp3) is 0.722. The quantitative estimate of drug-likeness (QED) is 0.922. The highest BCUT2D eigenvalue weighted by Crippen LogP contribution is 2.62. The lowest BCUT2D eigenvalue weighted by Crippen LogP contribution is -2.71. The highest BCUT2D eigenvalue weighted by atomic mass is 32.1. The van der Waals surface area contributed by atoms with Crippen molar-refractivity contribution in [3.05, 3.63) is 21.9 Å². The third-order valence-corrected chi connectivity index (χ3v) is 7.69. The zero-order valence-corrected chi connectivity index (χ0v) is 14.2. The van der Waals surface area contributed by atoms with Gasteiger partial charge in [0.25, 0.3) is 0 Å². The molecule has 1 aromatic heterocycles. The van der Waals surface area contributed by atoms with E-state index in [0.29, 0.717) is 30.0 Å². The van der Waals surface area contributed by atoms with Crippen molar-refractivity contribution < 1.29 is 9.53 Å². The molecule has 124 valence electrons. The lowest BCUT2D eigenvalue weighted by Gasteiger charge is -2.63. The molecule has 0 unspecified atom stereocenters. The molecule has 4 aliphatic rings. The number of nitrogens with zero attached hydrogens (tertiary/aromatic N) is 1. The second kappa shape index (κ2) is 5.30. The SMILES string of the molecule is O=C(CN[C@@H]1[C@H]2CCO[C@@H]2C12CCC2)N1CCc2sccc2C1.